The number of rotatable bonds is 11. The van der Waals surface area contributed by atoms with Gasteiger partial charge in [0.15, 0.2) is 11.5 Å². The first-order valence-electron chi connectivity index (χ1n) is 13.4. The second kappa shape index (κ2) is 12.3. The number of carbonyl (C=O) groups excluding carboxylic acids is 2. The fraction of sp³-hybridized carbons (Fsp3) is 0.517. The third kappa shape index (κ3) is 5.96. The van der Waals surface area contributed by atoms with E-state index in [0.717, 1.165) is 49.6 Å². The van der Waals surface area contributed by atoms with Crippen LogP contribution in [0.5, 0.6) is 0 Å². The first-order chi connectivity index (χ1) is 18.3. The summed E-state index contributed by atoms with van der Waals surface area (Å²) < 4.78 is 22.7. The highest BCUT2D eigenvalue weighted by Gasteiger charge is 2.54. The molecule has 5 heterocycles. The summed E-state index contributed by atoms with van der Waals surface area (Å²) in [5.74, 6) is -0.747. The molecule has 2 saturated heterocycles. The van der Waals surface area contributed by atoms with E-state index in [2.05, 4.69) is 19.2 Å². The molecule has 212 valence electrons. The van der Waals surface area contributed by atoms with Gasteiger partial charge in [-0.05, 0) is 56.2 Å². The van der Waals surface area contributed by atoms with E-state index in [1.807, 2.05) is 18.3 Å². The Labute approximate surface area is 238 Å². The van der Waals surface area contributed by atoms with Gasteiger partial charge in [-0.15, -0.1) is 11.3 Å². The number of thiophene rings is 1. The van der Waals surface area contributed by atoms with Crippen LogP contribution in [0.3, 0.4) is 0 Å². The van der Waals surface area contributed by atoms with Gasteiger partial charge < -0.3 is 40.3 Å². The average Bonchev–Trinajstić information content (AvgIpc) is 3.69. The zero-order chi connectivity index (χ0) is 26.8. The first-order valence-corrected chi connectivity index (χ1v) is 14.2. The Morgan fingerprint density at radius 1 is 1.05 bits per heavy atom. The van der Waals surface area contributed by atoms with Crippen LogP contribution in [0.2, 0.25) is 0 Å². The van der Waals surface area contributed by atoms with E-state index in [4.69, 9.17) is 18.3 Å². The van der Waals surface area contributed by atoms with Crippen LogP contribution in [0.25, 0.3) is 0 Å². The van der Waals surface area contributed by atoms with Crippen molar-refractivity contribution in [2.75, 3.05) is 13.7 Å². The Hall–Kier alpha value is -2.59. The van der Waals surface area contributed by atoms with Gasteiger partial charge in [-0.3, -0.25) is 4.79 Å². The average molecular weight is 578 g/mol. The van der Waals surface area contributed by atoms with E-state index < -0.39 is 11.6 Å². The molecule has 3 aromatic rings. The third-order valence-corrected chi connectivity index (χ3v) is 9.35. The molecule has 4 atom stereocenters. The van der Waals surface area contributed by atoms with Crippen molar-refractivity contribution in [1.82, 2.24) is 0 Å². The number of quaternary nitrogens is 1. The van der Waals surface area contributed by atoms with Crippen molar-refractivity contribution in [2.24, 2.45) is 0 Å². The fourth-order valence-corrected chi connectivity index (χ4v) is 7.39. The van der Waals surface area contributed by atoms with Crippen molar-refractivity contribution in [3.05, 3.63) is 70.2 Å². The van der Waals surface area contributed by atoms with E-state index in [1.54, 1.807) is 24.3 Å². The minimum atomic E-state index is -2.12. The molecule has 0 unspecified atom stereocenters. The molecule has 39 heavy (non-hydrogen) atoms. The second-order valence-corrected chi connectivity index (χ2v) is 11.8. The predicted octanol–water partition coefficient (Wildman–Crippen LogP) is 1.94. The topological polar surface area (TPSA) is 99.1 Å². The quantitative estimate of drug-likeness (QED) is 0.275. The number of aliphatic hydroxyl groups is 1. The van der Waals surface area contributed by atoms with E-state index >= 15 is 0 Å². The number of halogens is 1. The highest BCUT2D eigenvalue weighted by Crippen LogP contribution is 2.45. The van der Waals surface area contributed by atoms with Gasteiger partial charge in [0, 0.05) is 37.0 Å². The molecule has 0 aromatic carbocycles. The lowest BCUT2D eigenvalue weighted by molar-refractivity contribution is -0.961. The maximum atomic E-state index is 13.4. The number of hydrogen-bond donors (Lipinski definition) is 1. The molecule has 10 heteroatoms. The predicted molar refractivity (Wildman–Crippen MR) is 140 cm³/mol. The van der Waals surface area contributed by atoms with E-state index in [9.17, 15) is 14.7 Å². The maximum absolute atomic E-state index is 13.4. The molecule has 2 fully saturated rings. The molecule has 2 bridgehead atoms. The highest BCUT2D eigenvalue weighted by atomic mass is 35.5. The van der Waals surface area contributed by atoms with Crippen LogP contribution >= 0.6 is 11.3 Å². The van der Waals surface area contributed by atoms with E-state index in [0.29, 0.717) is 25.1 Å². The van der Waals surface area contributed by atoms with Crippen LogP contribution in [0.15, 0.2) is 57.8 Å². The summed E-state index contributed by atoms with van der Waals surface area (Å²) in [6.45, 7) is 3.20. The maximum Gasteiger partial charge on any atom is 0.354 e. The molecule has 2 aliphatic heterocycles. The molecule has 0 amide bonds. The van der Waals surface area contributed by atoms with Gasteiger partial charge in [0.1, 0.15) is 12.6 Å². The number of carbonyl (C=O) groups is 2. The van der Waals surface area contributed by atoms with Gasteiger partial charge in [-0.25, -0.2) is 4.79 Å². The molecular formula is C29H36ClNO7S. The lowest BCUT2D eigenvalue weighted by atomic mass is 9.94. The number of piperidine rings is 1. The zero-order valence-corrected chi connectivity index (χ0v) is 23.9. The largest absolute Gasteiger partial charge is 1.00 e. The van der Waals surface area contributed by atoms with E-state index in [1.165, 1.54) is 22.3 Å². The molecular weight excluding hydrogens is 542 g/mol. The molecule has 0 saturated carbocycles. The Balaban J connectivity index is 0.00000353. The number of aryl methyl sites for hydroxylation is 1. The van der Waals surface area contributed by atoms with Crippen molar-refractivity contribution in [2.45, 2.75) is 82.2 Å². The Kier molecular flexibility index (Phi) is 9.26. The molecule has 2 aliphatic rings. The number of ether oxygens (including phenoxy) is 2. The molecule has 0 spiro atoms. The summed E-state index contributed by atoms with van der Waals surface area (Å²) in [6.07, 6.45) is 8.37. The standard InChI is InChI=1S/C29H36NO7S.ClH/c1-3-34-27(31)10-4-7-23-13-14-24(38-23)19-30(2)20-11-12-21(30)18-22(17-20)37-28(32)29(33,25-8-5-15-35-25)26-9-6-16-36-26;/h5-6,8-9,13-16,20-22,33H,3-4,7,10-12,17-19H2,1-2H3;1H/q+1;/p-1/t20-,21+,22+,30-;. The molecule has 1 N–H and O–H groups in total. The number of fused-ring (bicyclic) bond motifs is 2. The summed E-state index contributed by atoms with van der Waals surface area (Å²) in [5.41, 5.74) is -2.12. The van der Waals surface area contributed by atoms with Gasteiger partial charge in [0.05, 0.1) is 43.1 Å². The molecule has 0 aliphatic carbocycles. The minimum absolute atomic E-state index is 0. The number of nitrogens with zero attached hydrogens (tertiary/aromatic N) is 1. The van der Waals surface area contributed by atoms with Crippen molar-refractivity contribution >= 4 is 23.3 Å². The summed E-state index contributed by atoms with van der Waals surface area (Å²) in [4.78, 5) is 27.6. The molecule has 3 aromatic heterocycles. The van der Waals surface area contributed by atoms with Gasteiger partial charge >= 0.3 is 11.9 Å². The second-order valence-electron chi connectivity index (χ2n) is 10.6. The van der Waals surface area contributed by atoms with Crippen LogP contribution in [-0.4, -0.2) is 53.4 Å². The van der Waals surface area contributed by atoms with Crippen LogP contribution in [0.1, 0.15) is 66.7 Å². The van der Waals surface area contributed by atoms with Crippen LogP contribution in [-0.2, 0) is 37.6 Å². The van der Waals surface area contributed by atoms with Crippen LogP contribution < -0.4 is 12.4 Å². The van der Waals surface area contributed by atoms with Gasteiger partial charge in [-0.1, -0.05) is 0 Å². The smallest absolute Gasteiger partial charge is 0.354 e. The normalized spacial score (nSPS) is 24.2. The molecule has 8 nitrogen and oxygen atoms in total. The highest BCUT2D eigenvalue weighted by molar-refractivity contribution is 7.11. The van der Waals surface area contributed by atoms with Gasteiger partial charge in [-0.2, -0.15) is 0 Å². The summed E-state index contributed by atoms with van der Waals surface area (Å²) in [5, 5.41) is 11.4. The van der Waals surface area contributed by atoms with Crippen LogP contribution in [0.4, 0.5) is 0 Å². The lowest BCUT2D eigenvalue weighted by Crippen LogP contribution is -3.00. The van der Waals surface area contributed by atoms with Crippen molar-refractivity contribution in [3.63, 3.8) is 0 Å². The van der Waals surface area contributed by atoms with Crippen molar-refractivity contribution in [1.29, 1.82) is 0 Å². The van der Waals surface area contributed by atoms with Gasteiger partial charge in [0.25, 0.3) is 5.60 Å². The van der Waals surface area contributed by atoms with Crippen LogP contribution in [0, 0.1) is 0 Å². The fourth-order valence-electron chi connectivity index (χ4n) is 6.19. The number of furan rings is 2. The van der Waals surface area contributed by atoms with E-state index in [-0.39, 0.29) is 36.0 Å². The summed E-state index contributed by atoms with van der Waals surface area (Å²) in [7, 11) is 2.32. The van der Waals surface area contributed by atoms with Gasteiger partial charge in [0.2, 0.25) is 0 Å². The van der Waals surface area contributed by atoms with Crippen molar-refractivity contribution in [3.8, 4) is 0 Å². The Morgan fingerprint density at radius 3 is 2.23 bits per heavy atom. The summed E-state index contributed by atoms with van der Waals surface area (Å²) >= 11 is 1.83. The monoisotopic (exact) mass is 577 g/mol. The molecule has 0 radical (unpaired) electrons. The SMILES string of the molecule is CCOC(=O)CCCc1ccc(C[N@+]2(C)[C@@H]3CC[C@H]2C[C@@H](OC(=O)C(O)(c2ccco2)c2ccco2)C3)s1.[Cl-]. The van der Waals surface area contributed by atoms with Crippen molar-refractivity contribution < 1.29 is 49.9 Å². The first kappa shape index (κ1) is 29.4. The minimum Gasteiger partial charge on any atom is -1.00 e. The zero-order valence-electron chi connectivity index (χ0n) is 22.3. The number of esters is 2. The Bertz CT molecular complexity index is 1170. The summed E-state index contributed by atoms with van der Waals surface area (Å²) in [6, 6.07) is 11.5. The third-order valence-electron chi connectivity index (χ3n) is 8.22. The number of hydrogen-bond acceptors (Lipinski definition) is 8. The molecule has 5 rings (SSSR count). The lowest BCUT2D eigenvalue weighted by Gasteiger charge is -2.46. The Morgan fingerprint density at radius 2 is 1.67 bits per heavy atom.